The van der Waals surface area contributed by atoms with Crippen LogP contribution in [0.3, 0.4) is 0 Å². The van der Waals surface area contributed by atoms with Gasteiger partial charge in [0.05, 0.1) is 6.10 Å². The van der Waals surface area contributed by atoms with Crippen LogP contribution < -0.4 is 4.74 Å². The maximum atomic E-state index is 10.9. The fraction of sp³-hybridized carbons (Fsp3) is 0.500. The largest absolute Gasteiger partial charge is 0.490 e. The summed E-state index contributed by atoms with van der Waals surface area (Å²) in [7, 11) is 0. The van der Waals surface area contributed by atoms with E-state index in [4.69, 9.17) is 9.84 Å². The minimum absolute atomic E-state index is 0.229. The average Bonchev–Trinajstić information content (AvgIpc) is 2.90. The summed E-state index contributed by atoms with van der Waals surface area (Å²) in [5.41, 5.74) is 0. The van der Waals surface area contributed by atoms with Crippen molar-refractivity contribution in [2.45, 2.75) is 18.9 Å². The number of amides is 1. The van der Waals surface area contributed by atoms with Gasteiger partial charge in [0.2, 0.25) is 0 Å². The van der Waals surface area contributed by atoms with Crippen molar-refractivity contribution < 1.29 is 14.6 Å². The van der Waals surface area contributed by atoms with Crippen molar-refractivity contribution in [1.82, 2.24) is 4.90 Å². The number of hydrogen-bond acceptors (Lipinski definition) is 2. The van der Waals surface area contributed by atoms with E-state index in [1.807, 2.05) is 24.3 Å². The smallest absolute Gasteiger partial charge is 0.407 e. The lowest BCUT2D eigenvalue weighted by molar-refractivity contribution is 0.144. The first-order valence-electron chi connectivity index (χ1n) is 6.52. The zero-order valence-corrected chi connectivity index (χ0v) is 12.0. The van der Waals surface area contributed by atoms with Gasteiger partial charge in [-0.05, 0) is 48.9 Å². The highest BCUT2D eigenvalue weighted by Gasteiger charge is 2.43. The molecule has 0 radical (unpaired) electrons. The molecule has 0 unspecified atom stereocenters. The van der Waals surface area contributed by atoms with Gasteiger partial charge in [-0.15, -0.1) is 0 Å². The Morgan fingerprint density at radius 1 is 1.21 bits per heavy atom. The van der Waals surface area contributed by atoms with Crippen LogP contribution in [0, 0.1) is 11.8 Å². The molecule has 3 rings (SSSR count). The minimum atomic E-state index is -0.792. The lowest BCUT2D eigenvalue weighted by Crippen LogP contribution is -2.29. The molecule has 1 aliphatic carbocycles. The second kappa shape index (κ2) is 5.04. The van der Waals surface area contributed by atoms with Gasteiger partial charge in [0, 0.05) is 17.6 Å². The Morgan fingerprint density at radius 2 is 1.79 bits per heavy atom. The van der Waals surface area contributed by atoms with Crippen LogP contribution in [0.4, 0.5) is 4.79 Å². The van der Waals surface area contributed by atoms with Gasteiger partial charge < -0.3 is 14.7 Å². The fourth-order valence-corrected chi connectivity index (χ4v) is 3.47. The van der Waals surface area contributed by atoms with Crippen molar-refractivity contribution >= 4 is 22.0 Å². The van der Waals surface area contributed by atoms with Crippen LogP contribution in [0.1, 0.15) is 12.8 Å². The van der Waals surface area contributed by atoms with Crippen molar-refractivity contribution in [2.24, 2.45) is 11.8 Å². The first-order chi connectivity index (χ1) is 9.11. The van der Waals surface area contributed by atoms with Crippen molar-refractivity contribution in [2.75, 3.05) is 13.1 Å². The Labute approximate surface area is 120 Å². The summed E-state index contributed by atoms with van der Waals surface area (Å²) >= 11 is 3.40. The molecule has 1 aromatic rings. The van der Waals surface area contributed by atoms with Gasteiger partial charge in [-0.3, -0.25) is 0 Å². The minimum Gasteiger partial charge on any atom is -0.490 e. The van der Waals surface area contributed by atoms with Gasteiger partial charge in [0.15, 0.2) is 0 Å². The first kappa shape index (κ1) is 12.8. The topological polar surface area (TPSA) is 49.8 Å². The van der Waals surface area contributed by atoms with E-state index >= 15 is 0 Å². The summed E-state index contributed by atoms with van der Waals surface area (Å²) < 4.78 is 7.02. The average molecular weight is 326 g/mol. The van der Waals surface area contributed by atoms with Crippen LogP contribution in [0.15, 0.2) is 28.7 Å². The monoisotopic (exact) mass is 325 g/mol. The molecule has 3 atom stereocenters. The Balaban J connectivity index is 1.57. The third-order valence-electron chi connectivity index (χ3n) is 4.09. The summed E-state index contributed by atoms with van der Waals surface area (Å²) in [6.45, 7) is 1.33. The molecule has 1 aromatic carbocycles. The molecule has 102 valence electrons. The lowest BCUT2D eigenvalue weighted by atomic mass is 10.0. The van der Waals surface area contributed by atoms with Crippen LogP contribution in [0.25, 0.3) is 0 Å². The van der Waals surface area contributed by atoms with Gasteiger partial charge in [0.25, 0.3) is 0 Å². The van der Waals surface area contributed by atoms with Gasteiger partial charge in [-0.1, -0.05) is 15.9 Å². The number of fused-ring (bicyclic) bond motifs is 1. The van der Waals surface area contributed by atoms with Crippen LogP contribution in [0.5, 0.6) is 5.75 Å². The number of likely N-dealkylation sites (tertiary alicyclic amines) is 1. The highest BCUT2D eigenvalue weighted by molar-refractivity contribution is 9.10. The second-order valence-corrected chi connectivity index (χ2v) is 6.29. The quantitative estimate of drug-likeness (QED) is 0.908. The fourth-order valence-electron chi connectivity index (χ4n) is 3.20. The van der Waals surface area contributed by atoms with Gasteiger partial charge in [0.1, 0.15) is 5.75 Å². The van der Waals surface area contributed by atoms with E-state index in [1.54, 1.807) is 0 Å². The van der Waals surface area contributed by atoms with E-state index in [0.717, 1.165) is 23.1 Å². The van der Waals surface area contributed by atoms with Crippen molar-refractivity contribution in [3.05, 3.63) is 28.7 Å². The summed E-state index contributed by atoms with van der Waals surface area (Å²) in [4.78, 5) is 12.5. The highest BCUT2D eigenvalue weighted by atomic mass is 79.9. The van der Waals surface area contributed by atoms with Crippen LogP contribution in [0.2, 0.25) is 0 Å². The summed E-state index contributed by atoms with van der Waals surface area (Å²) in [6.07, 6.45) is 1.36. The zero-order chi connectivity index (χ0) is 13.4. The highest BCUT2D eigenvalue weighted by Crippen LogP contribution is 2.39. The van der Waals surface area contributed by atoms with Crippen LogP contribution >= 0.6 is 15.9 Å². The Kier molecular flexibility index (Phi) is 3.39. The molecule has 1 N–H and O–H groups in total. The first-order valence-corrected chi connectivity index (χ1v) is 7.31. The van der Waals surface area contributed by atoms with Crippen molar-refractivity contribution in [1.29, 1.82) is 0 Å². The standard InChI is InChI=1S/C14H16BrNO3/c15-11-1-3-12(4-2-11)19-13-5-9-7-16(14(17)18)8-10(9)6-13/h1-4,9-10,13H,5-8H2,(H,17,18)/t9-,10+,13-. The molecule has 2 fully saturated rings. The maximum Gasteiger partial charge on any atom is 0.407 e. The predicted molar refractivity (Wildman–Crippen MR) is 74.4 cm³/mol. The maximum absolute atomic E-state index is 10.9. The molecule has 5 heteroatoms. The van der Waals surface area contributed by atoms with E-state index in [2.05, 4.69) is 15.9 Å². The summed E-state index contributed by atoms with van der Waals surface area (Å²) in [6, 6.07) is 7.86. The zero-order valence-electron chi connectivity index (χ0n) is 10.5. The molecule has 0 spiro atoms. The SMILES string of the molecule is O=C(O)N1C[C@H]2C[C@@H](Oc3ccc(Br)cc3)C[C@H]2C1. The third-order valence-corrected chi connectivity index (χ3v) is 4.62. The predicted octanol–water partition coefficient (Wildman–Crippen LogP) is 3.22. The number of nitrogens with zero attached hydrogens (tertiary/aromatic N) is 1. The number of ether oxygens (including phenoxy) is 1. The van der Waals surface area contributed by atoms with Crippen molar-refractivity contribution in [3.8, 4) is 5.75 Å². The van der Waals surface area contributed by atoms with Crippen LogP contribution in [-0.2, 0) is 0 Å². The second-order valence-electron chi connectivity index (χ2n) is 5.37. The van der Waals surface area contributed by atoms with Gasteiger partial charge >= 0.3 is 6.09 Å². The Bertz CT molecular complexity index is 462. The molecule has 19 heavy (non-hydrogen) atoms. The van der Waals surface area contributed by atoms with Gasteiger partial charge in [-0.25, -0.2) is 4.79 Å². The molecule has 4 nitrogen and oxygen atoms in total. The van der Waals surface area contributed by atoms with Crippen molar-refractivity contribution in [3.63, 3.8) is 0 Å². The normalized spacial score (nSPS) is 29.3. The molecule has 2 aliphatic rings. The number of rotatable bonds is 2. The lowest BCUT2D eigenvalue weighted by Gasteiger charge is -2.17. The van der Waals surface area contributed by atoms with Gasteiger partial charge in [-0.2, -0.15) is 0 Å². The molecule has 1 saturated carbocycles. The Hall–Kier alpha value is -1.23. The molecule has 1 heterocycles. The Morgan fingerprint density at radius 3 is 2.32 bits per heavy atom. The number of halogens is 1. The van der Waals surface area contributed by atoms with E-state index in [0.29, 0.717) is 24.9 Å². The summed E-state index contributed by atoms with van der Waals surface area (Å²) in [5, 5.41) is 8.99. The van der Waals surface area contributed by atoms with E-state index in [9.17, 15) is 4.79 Å². The summed E-state index contributed by atoms with van der Waals surface area (Å²) in [5.74, 6) is 1.83. The molecule has 0 bridgehead atoms. The number of hydrogen-bond donors (Lipinski definition) is 1. The molecule has 1 aliphatic heterocycles. The third kappa shape index (κ3) is 2.71. The molecular formula is C14H16BrNO3. The number of carbonyl (C=O) groups is 1. The molecular weight excluding hydrogens is 310 g/mol. The van der Waals surface area contributed by atoms with E-state index in [-0.39, 0.29) is 6.10 Å². The van der Waals surface area contributed by atoms with E-state index in [1.165, 1.54) is 4.90 Å². The number of carboxylic acid groups (broad SMARTS) is 1. The van der Waals surface area contributed by atoms with E-state index < -0.39 is 6.09 Å². The molecule has 0 aromatic heterocycles. The van der Waals surface area contributed by atoms with Crippen LogP contribution in [-0.4, -0.2) is 35.3 Å². The molecule has 1 amide bonds. The molecule has 1 saturated heterocycles. The number of benzene rings is 1.